The van der Waals surface area contributed by atoms with Crippen molar-refractivity contribution in [2.45, 2.75) is 14.7 Å². The van der Waals surface area contributed by atoms with Crippen LogP contribution >= 0.6 is 0 Å². The van der Waals surface area contributed by atoms with Crippen LogP contribution in [0.2, 0.25) is 0 Å². The molecule has 0 unspecified atom stereocenters. The summed E-state index contributed by atoms with van der Waals surface area (Å²) in [7, 11) is -13.2. The average molecular weight is 625 g/mol. The number of nitrogens with zero attached hydrogens (tertiary/aromatic N) is 2. The van der Waals surface area contributed by atoms with E-state index in [1.54, 1.807) is 24.3 Å². The van der Waals surface area contributed by atoms with E-state index in [0.29, 0.717) is 11.4 Å². The van der Waals surface area contributed by atoms with Crippen molar-refractivity contribution in [2.24, 2.45) is 10.2 Å². The fourth-order valence-electron chi connectivity index (χ4n) is 3.76. The molecule has 0 saturated carbocycles. The molecule has 0 heterocycles. The van der Waals surface area contributed by atoms with E-state index >= 15 is 0 Å². The van der Waals surface area contributed by atoms with E-state index < -0.39 is 62.2 Å². The van der Waals surface area contributed by atoms with Crippen LogP contribution in [0.4, 0.5) is 28.4 Å². The zero-order chi connectivity index (χ0) is 30.3. The Balaban J connectivity index is 1.84. The van der Waals surface area contributed by atoms with Crippen LogP contribution in [0, 0.1) is 0 Å². The fourth-order valence-corrected chi connectivity index (χ4v) is 5.64. The van der Waals surface area contributed by atoms with Gasteiger partial charge in [0, 0.05) is 16.8 Å². The summed E-state index contributed by atoms with van der Waals surface area (Å²) in [6, 6.07) is 12.1. The number of phenolic OH excluding ortho intramolecular Hbond substituents is 1. The maximum absolute atomic E-state index is 12.1. The van der Waals surface area contributed by atoms with Gasteiger partial charge in [-0.05, 0) is 66.0 Å². The number of azo groups is 1. The van der Waals surface area contributed by atoms with Crippen molar-refractivity contribution in [2.75, 3.05) is 18.2 Å². The molecule has 0 spiro atoms. The van der Waals surface area contributed by atoms with Gasteiger partial charge in [0.05, 0.1) is 23.4 Å². The molecule has 7 N–H and O–H groups in total. The number of methoxy groups -OCH3 is 1. The first-order valence-corrected chi connectivity index (χ1v) is 15.3. The Morgan fingerprint density at radius 1 is 0.780 bits per heavy atom. The predicted octanol–water partition coefficient (Wildman–Crippen LogP) is 4.04. The standard InChI is InChI=1S/C23H20N4O11S3/c1-38-15-5-2-13(3-6-15)25-18-7-4-14(10-19(18)40(32,33)34)26-27-22-20(41(35,36)37)9-12-8-16(39(29,30)31)11-17(24)21(12)23(22)28/h2-11,25,28H,24H2,1H3,(H,29,30,31)(H,32,33,34)(H,35,36,37). The molecule has 0 radical (unpaired) electrons. The summed E-state index contributed by atoms with van der Waals surface area (Å²) in [4.78, 5) is -2.34. The van der Waals surface area contributed by atoms with E-state index in [1.807, 2.05) is 0 Å². The number of hydrogen-bond acceptors (Lipinski definition) is 12. The Morgan fingerprint density at radius 3 is 1.98 bits per heavy atom. The van der Waals surface area contributed by atoms with Crippen LogP contribution < -0.4 is 15.8 Å². The maximum Gasteiger partial charge on any atom is 0.296 e. The number of phenols is 1. The molecule has 0 atom stereocenters. The van der Waals surface area contributed by atoms with Crippen molar-refractivity contribution in [3.63, 3.8) is 0 Å². The van der Waals surface area contributed by atoms with Crippen LogP contribution in [0.5, 0.6) is 11.5 Å². The van der Waals surface area contributed by atoms with Gasteiger partial charge >= 0.3 is 0 Å². The van der Waals surface area contributed by atoms with Crippen molar-refractivity contribution in [1.82, 2.24) is 0 Å². The quantitative estimate of drug-likeness (QED) is 0.0920. The molecular weight excluding hydrogens is 604 g/mol. The molecule has 15 nitrogen and oxygen atoms in total. The third-order valence-electron chi connectivity index (χ3n) is 5.61. The Morgan fingerprint density at radius 2 is 1.41 bits per heavy atom. The van der Waals surface area contributed by atoms with Crippen molar-refractivity contribution < 1.29 is 48.8 Å². The number of anilines is 3. The number of nitrogen functional groups attached to an aromatic ring is 1. The van der Waals surface area contributed by atoms with Gasteiger partial charge in [0.25, 0.3) is 30.4 Å². The molecule has 4 rings (SSSR count). The Kier molecular flexibility index (Phi) is 7.65. The molecule has 0 aliphatic carbocycles. The summed E-state index contributed by atoms with van der Waals surface area (Å²) in [5.74, 6) is -0.380. The van der Waals surface area contributed by atoms with E-state index in [0.717, 1.165) is 24.3 Å². The third-order valence-corrected chi connectivity index (χ3v) is 8.20. The predicted molar refractivity (Wildman–Crippen MR) is 146 cm³/mol. The Labute approximate surface area is 233 Å². The average Bonchev–Trinajstić information content (AvgIpc) is 2.87. The molecular formula is C23H20N4O11S3. The molecule has 41 heavy (non-hydrogen) atoms. The number of nitrogens with one attached hydrogen (secondary N) is 1. The molecule has 4 aromatic carbocycles. The second kappa shape index (κ2) is 10.6. The highest BCUT2D eigenvalue weighted by Crippen LogP contribution is 2.44. The van der Waals surface area contributed by atoms with E-state index in [9.17, 15) is 44.0 Å². The van der Waals surface area contributed by atoms with Gasteiger partial charge in [-0.25, -0.2) is 0 Å². The molecule has 0 bridgehead atoms. The summed E-state index contributed by atoms with van der Waals surface area (Å²) in [5.41, 5.74) is 4.78. The fraction of sp³-hybridized carbons (Fsp3) is 0.0435. The lowest BCUT2D eigenvalue weighted by Gasteiger charge is -2.12. The van der Waals surface area contributed by atoms with Crippen molar-refractivity contribution in [3.05, 3.63) is 60.7 Å². The summed E-state index contributed by atoms with van der Waals surface area (Å²) in [6.45, 7) is 0. The van der Waals surface area contributed by atoms with Gasteiger partial charge in [-0.2, -0.15) is 30.4 Å². The van der Waals surface area contributed by atoms with Crippen LogP contribution in [-0.2, 0) is 30.4 Å². The molecule has 0 aliphatic heterocycles. The Bertz CT molecular complexity index is 2050. The topological polar surface area (TPSA) is 255 Å². The number of ether oxygens (including phenoxy) is 1. The van der Waals surface area contributed by atoms with Crippen molar-refractivity contribution >= 4 is 69.6 Å². The van der Waals surface area contributed by atoms with Crippen molar-refractivity contribution in [3.8, 4) is 11.5 Å². The van der Waals surface area contributed by atoms with Crippen LogP contribution in [0.25, 0.3) is 10.8 Å². The number of benzene rings is 4. The highest BCUT2D eigenvalue weighted by Gasteiger charge is 2.25. The molecule has 0 fully saturated rings. The molecule has 0 amide bonds. The first-order chi connectivity index (χ1) is 19.0. The molecule has 0 aliphatic rings. The second-order valence-corrected chi connectivity index (χ2v) is 12.5. The normalized spacial score (nSPS) is 12.6. The number of aromatic hydroxyl groups is 1. The summed E-state index contributed by atoms with van der Waals surface area (Å²) >= 11 is 0. The largest absolute Gasteiger partial charge is 0.505 e. The monoisotopic (exact) mass is 624 g/mol. The van der Waals surface area contributed by atoms with Crippen LogP contribution in [0.3, 0.4) is 0 Å². The highest BCUT2D eigenvalue weighted by molar-refractivity contribution is 7.86. The smallest absolute Gasteiger partial charge is 0.296 e. The molecule has 4 aromatic rings. The summed E-state index contributed by atoms with van der Waals surface area (Å²) < 4.78 is 105. The van der Waals surface area contributed by atoms with Gasteiger partial charge in [0.1, 0.15) is 21.2 Å². The first-order valence-electron chi connectivity index (χ1n) is 11.0. The zero-order valence-electron chi connectivity index (χ0n) is 20.6. The minimum Gasteiger partial charge on any atom is -0.505 e. The summed E-state index contributed by atoms with van der Waals surface area (Å²) in [5, 5.41) is 20.5. The lowest BCUT2D eigenvalue weighted by molar-refractivity contribution is 0.415. The van der Waals surface area contributed by atoms with Gasteiger partial charge in [0.2, 0.25) is 0 Å². The minimum absolute atomic E-state index is 0.0498. The van der Waals surface area contributed by atoms with E-state index in [-0.39, 0.29) is 22.1 Å². The van der Waals surface area contributed by atoms with Gasteiger partial charge in [0.15, 0.2) is 5.75 Å². The molecule has 0 aromatic heterocycles. The number of rotatable bonds is 8. The lowest BCUT2D eigenvalue weighted by atomic mass is 10.1. The van der Waals surface area contributed by atoms with E-state index in [2.05, 4.69) is 15.5 Å². The number of hydrogen-bond donors (Lipinski definition) is 6. The van der Waals surface area contributed by atoms with Crippen LogP contribution in [-0.4, -0.2) is 51.1 Å². The molecule has 216 valence electrons. The van der Waals surface area contributed by atoms with Gasteiger partial charge in [-0.1, -0.05) is 0 Å². The Hall–Kier alpha value is -4.33. The van der Waals surface area contributed by atoms with Gasteiger partial charge < -0.3 is 20.9 Å². The number of fused-ring (bicyclic) bond motifs is 1. The highest BCUT2D eigenvalue weighted by atomic mass is 32.2. The van der Waals surface area contributed by atoms with Crippen LogP contribution in [0.15, 0.2) is 85.6 Å². The zero-order valence-corrected chi connectivity index (χ0v) is 23.1. The summed E-state index contributed by atoms with van der Waals surface area (Å²) in [6.07, 6.45) is 0. The minimum atomic E-state index is -5.11. The second-order valence-electron chi connectivity index (χ2n) is 8.34. The number of nitrogens with two attached hydrogens (primary N) is 1. The lowest BCUT2D eigenvalue weighted by Crippen LogP contribution is -2.03. The van der Waals surface area contributed by atoms with Crippen LogP contribution in [0.1, 0.15) is 0 Å². The third kappa shape index (κ3) is 6.37. The van der Waals surface area contributed by atoms with Crippen molar-refractivity contribution in [1.29, 1.82) is 0 Å². The molecule has 18 heteroatoms. The van der Waals surface area contributed by atoms with E-state index in [4.69, 9.17) is 10.5 Å². The SMILES string of the molecule is COc1ccc(Nc2ccc(N=Nc3c(S(=O)(=O)O)cc4cc(S(=O)(=O)O)cc(N)c4c3O)cc2S(=O)(=O)O)cc1. The van der Waals surface area contributed by atoms with Gasteiger partial charge in [-0.15, -0.1) is 5.11 Å². The maximum atomic E-state index is 12.1. The first kappa shape index (κ1) is 29.6. The molecule has 0 saturated heterocycles. The van der Waals surface area contributed by atoms with Gasteiger partial charge in [-0.3, -0.25) is 13.7 Å². The van der Waals surface area contributed by atoms with E-state index in [1.165, 1.54) is 19.2 Å².